The Bertz CT molecular complexity index is 32.0. The van der Waals surface area contributed by atoms with Crippen LogP contribution in [0.2, 0.25) is 0 Å². The van der Waals surface area contributed by atoms with Crippen molar-refractivity contribution in [3.05, 3.63) is 0 Å². The lowest BCUT2D eigenvalue weighted by atomic mass is 11.4. The lowest BCUT2D eigenvalue weighted by Gasteiger charge is -1.83. The summed E-state index contributed by atoms with van der Waals surface area (Å²) in [5.74, 6) is 4.55. The van der Waals surface area contributed by atoms with Crippen LogP contribution in [0, 0.1) is 0 Å². The van der Waals surface area contributed by atoms with Gasteiger partial charge in [0.25, 0.3) is 0 Å². The molecule has 38 valence electrons. The van der Waals surface area contributed by atoms with E-state index in [-0.39, 0.29) is 12.4 Å². The number of hydrogen-bond acceptors (Lipinski definition) is 3. The van der Waals surface area contributed by atoms with Gasteiger partial charge in [0.1, 0.15) is 0 Å². The zero-order valence-electron chi connectivity index (χ0n) is 2.97. The van der Waals surface area contributed by atoms with E-state index < -0.39 is 0 Å². The van der Waals surface area contributed by atoms with Crippen molar-refractivity contribution < 1.29 is 4.79 Å². The molecule has 0 spiro atoms. The largest absolute Gasteiger partial charge is 0.281 e. The second kappa shape index (κ2) is 8.82. The monoisotopic (exact) mass is 111 g/mol. The van der Waals surface area contributed by atoms with Crippen LogP contribution in [0.4, 0.5) is 0 Å². The van der Waals surface area contributed by atoms with Gasteiger partial charge in [0.05, 0.1) is 0 Å². The Hall–Kier alpha value is -0.320. The Morgan fingerprint density at radius 1 is 1.67 bits per heavy atom. The summed E-state index contributed by atoms with van der Waals surface area (Å²) in [6.45, 7) is 0. The first-order valence-electron chi connectivity index (χ1n) is 1.06. The van der Waals surface area contributed by atoms with Crippen LogP contribution in [0.5, 0.6) is 0 Å². The molecule has 4 N–H and O–H groups in total. The maximum atomic E-state index is 9.15. The summed E-state index contributed by atoms with van der Waals surface area (Å²) in [4.78, 5) is 9.15. The first-order valence-corrected chi connectivity index (χ1v) is 1.06. The summed E-state index contributed by atoms with van der Waals surface area (Å²) in [6.07, 6.45) is 0.444. The van der Waals surface area contributed by atoms with Crippen LogP contribution in [-0.2, 0) is 4.79 Å². The van der Waals surface area contributed by atoms with Gasteiger partial charge < -0.3 is 0 Å². The summed E-state index contributed by atoms with van der Waals surface area (Å²) >= 11 is 0. The van der Waals surface area contributed by atoms with E-state index >= 15 is 0 Å². The van der Waals surface area contributed by atoms with Gasteiger partial charge in [-0.2, -0.15) is 5.53 Å². The Labute approximate surface area is 41.4 Å². The Kier molecular flexibility index (Phi) is 13.5. The van der Waals surface area contributed by atoms with E-state index in [0.717, 1.165) is 0 Å². The van der Waals surface area contributed by atoms with E-state index in [1.165, 1.54) is 0 Å². The third kappa shape index (κ3) is 9.36. The molecule has 0 rings (SSSR count). The van der Waals surface area contributed by atoms with E-state index in [2.05, 4.69) is 5.84 Å². The minimum Gasteiger partial charge on any atom is -0.281 e. The van der Waals surface area contributed by atoms with Gasteiger partial charge in [-0.3, -0.25) is 16.1 Å². The van der Waals surface area contributed by atoms with Gasteiger partial charge >= 0.3 is 0 Å². The highest BCUT2D eigenvalue weighted by atomic mass is 35.5. The topological polar surface area (TPSA) is 67.2 Å². The van der Waals surface area contributed by atoms with Crippen molar-refractivity contribution in [3.8, 4) is 0 Å². The molecule has 0 fully saturated rings. The zero-order valence-corrected chi connectivity index (χ0v) is 3.79. The lowest BCUT2D eigenvalue weighted by Crippen LogP contribution is -2.36. The number of amides is 1. The number of nitrogens with one attached hydrogen (secondary N) is 2. The summed E-state index contributed by atoms with van der Waals surface area (Å²) in [5, 5.41) is 0. The zero-order chi connectivity index (χ0) is 4.12. The molecule has 0 aromatic heterocycles. The van der Waals surface area contributed by atoms with Gasteiger partial charge in [-0.1, -0.05) is 0 Å². The molecule has 0 aromatic carbocycles. The van der Waals surface area contributed by atoms with E-state index in [1.807, 2.05) is 11.0 Å². The van der Waals surface area contributed by atoms with Crippen molar-refractivity contribution in [2.24, 2.45) is 5.84 Å². The molecule has 1 amide bonds. The lowest BCUT2D eigenvalue weighted by molar-refractivity contribution is -0.110. The highest BCUT2D eigenvalue weighted by Crippen LogP contribution is 1.09. The van der Waals surface area contributed by atoms with Gasteiger partial charge in [0, 0.05) is 0 Å². The van der Waals surface area contributed by atoms with Crippen molar-refractivity contribution in [2.45, 2.75) is 0 Å². The fraction of sp³-hybridized carbons (Fsp3) is 0. The van der Waals surface area contributed by atoms with Crippen LogP contribution in [-0.4, -0.2) is 6.41 Å². The molecule has 0 saturated heterocycles. The molecule has 0 bridgehead atoms. The minimum atomic E-state index is 0. The molecule has 6 heavy (non-hydrogen) atoms. The minimum absolute atomic E-state index is 0. The highest BCUT2D eigenvalue weighted by molar-refractivity contribution is 5.85. The van der Waals surface area contributed by atoms with Crippen molar-refractivity contribution in [1.29, 1.82) is 0 Å². The molecular formula is CH6ClN3O. The van der Waals surface area contributed by atoms with Crippen LogP contribution in [0.3, 0.4) is 0 Å². The smallest absolute Gasteiger partial charge is 0.222 e. The molecule has 0 aromatic rings. The molecular weight excluding hydrogens is 105 g/mol. The maximum absolute atomic E-state index is 9.15. The number of hydrogen-bond donors (Lipinski definition) is 3. The Morgan fingerprint density at radius 2 is 2.17 bits per heavy atom. The second-order valence-corrected chi connectivity index (χ2v) is 0.407. The molecule has 0 aliphatic heterocycles. The van der Waals surface area contributed by atoms with Crippen LogP contribution in [0.25, 0.3) is 0 Å². The Morgan fingerprint density at radius 3 is 2.17 bits per heavy atom. The molecule has 0 aliphatic carbocycles. The molecule has 0 saturated carbocycles. The Balaban J connectivity index is 0. The van der Waals surface area contributed by atoms with Crippen molar-refractivity contribution in [1.82, 2.24) is 11.0 Å². The van der Waals surface area contributed by atoms with Crippen LogP contribution < -0.4 is 16.8 Å². The number of rotatable bonds is 2. The summed E-state index contributed by atoms with van der Waals surface area (Å²) in [5.41, 5.74) is 3.86. The fourth-order valence-corrected chi connectivity index (χ4v) is 0.0340. The predicted octanol–water partition coefficient (Wildman–Crippen LogP) is -1.47. The van der Waals surface area contributed by atoms with E-state index in [4.69, 9.17) is 4.79 Å². The van der Waals surface area contributed by atoms with Crippen LogP contribution in [0.15, 0.2) is 0 Å². The van der Waals surface area contributed by atoms with E-state index in [0.29, 0.717) is 6.41 Å². The summed E-state index contributed by atoms with van der Waals surface area (Å²) < 4.78 is 0. The predicted molar refractivity (Wildman–Crippen MR) is 23.8 cm³/mol. The third-order valence-corrected chi connectivity index (χ3v) is 0.142. The van der Waals surface area contributed by atoms with Gasteiger partial charge in [-0.15, -0.1) is 12.4 Å². The number of carbonyl (C=O) groups excluding carboxylic acids is 1. The van der Waals surface area contributed by atoms with Gasteiger partial charge in [0.2, 0.25) is 6.41 Å². The standard InChI is InChI=1S/CH5N3O.ClH/c2-4-3-1-5;/h1,4H,2H2,(H,3,5);1H. The molecule has 0 atom stereocenters. The summed E-state index contributed by atoms with van der Waals surface area (Å²) in [6, 6.07) is 0. The van der Waals surface area contributed by atoms with Gasteiger partial charge in [-0.05, 0) is 0 Å². The van der Waals surface area contributed by atoms with Crippen LogP contribution >= 0.6 is 12.4 Å². The second-order valence-electron chi connectivity index (χ2n) is 0.407. The molecule has 0 heterocycles. The molecule has 0 radical (unpaired) electrons. The van der Waals surface area contributed by atoms with Crippen molar-refractivity contribution in [3.63, 3.8) is 0 Å². The maximum Gasteiger partial charge on any atom is 0.222 e. The third-order valence-electron chi connectivity index (χ3n) is 0.142. The molecule has 0 unspecified atom stereocenters. The normalized spacial score (nSPS) is 5.50. The highest BCUT2D eigenvalue weighted by Gasteiger charge is 1.54. The molecule has 4 nitrogen and oxygen atoms in total. The first kappa shape index (κ1) is 9.19. The van der Waals surface area contributed by atoms with Crippen molar-refractivity contribution in [2.75, 3.05) is 0 Å². The van der Waals surface area contributed by atoms with Crippen LogP contribution in [0.1, 0.15) is 0 Å². The van der Waals surface area contributed by atoms with E-state index in [1.54, 1.807) is 0 Å². The fourth-order valence-electron chi connectivity index (χ4n) is 0.0340. The number of halogens is 1. The number of carbonyl (C=O) groups is 1. The summed E-state index contributed by atoms with van der Waals surface area (Å²) in [7, 11) is 0. The number of nitrogens with two attached hydrogens (primary N) is 1. The first-order chi connectivity index (χ1) is 2.41. The average molecular weight is 112 g/mol. The van der Waals surface area contributed by atoms with Crippen molar-refractivity contribution >= 4 is 18.8 Å². The average Bonchev–Trinajstić information content (AvgIpc) is 1.41. The molecule has 5 heteroatoms. The van der Waals surface area contributed by atoms with Gasteiger partial charge in [0.15, 0.2) is 0 Å². The quantitative estimate of drug-likeness (QED) is 0.232. The number of hydrazine groups is 2. The van der Waals surface area contributed by atoms with E-state index in [9.17, 15) is 0 Å². The SMILES string of the molecule is Cl.NNNC=O. The molecule has 0 aliphatic rings. The van der Waals surface area contributed by atoms with Gasteiger partial charge in [-0.25, -0.2) is 0 Å².